The standard InChI is InChI=1S/C11H14INO4S/c1-8-3-4-9(7-10(8)12)13-18(15,16)6-5-11(14)17-2/h3-4,7,13H,5-6H2,1-2H3. The number of halogens is 1. The number of anilines is 1. The molecule has 0 heterocycles. The highest BCUT2D eigenvalue weighted by Gasteiger charge is 2.13. The maximum Gasteiger partial charge on any atom is 0.306 e. The van der Waals surface area contributed by atoms with Gasteiger partial charge < -0.3 is 4.74 Å². The first-order valence-electron chi connectivity index (χ1n) is 5.17. The van der Waals surface area contributed by atoms with E-state index >= 15 is 0 Å². The predicted molar refractivity (Wildman–Crippen MR) is 77.9 cm³/mol. The SMILES string of the molecule is COC(=O)CCS(=O)(=O)Nc1ccc(C)c(I)c1. The Balaban J connectivity index is 2.70. The summed E-state index contributed by atoms with van der Waals surface area (Å²) in [6.45, 7) is 1.94. The number of aryl methyl sites for hydroxylation is 1. The molecule has 100 valence electrons. The Morgan fingerprint density at radius 2 is 2.11 bits per heavy atom. The molecule has 7 heteroatoms. The minimum absolute atomic E-state index is 0.158. The number of sulfonamides is 1. The smallest absolute Gasteiger partial charge is 0.306 e. The minimum atomic E-state index is -3.52. The molecule has 0 aliphatic heterocycles. The van der Waals surface area contributed by atoms with Crippen LogP contribution in [-0.2, 0) is 19.6 Å². The van der Waals surface area contributed by atoms with Crippen LogP contribution >= 0.6 is 22.6 Å². The van der Waals surface area contributed by atoms with Gasteiger partial charge >= 0.3 is 5.97 Å². The Labute approximate surface area is 120 Å². The molecule has 0 amide bonds. The summed E-state index contributed by atoms with van der Waals surface area (Å²) >= 11 is 2.13. The molecule has 1 rings (SSSR count). The molecule has 0 bridgehead atoms. The summed E-state index contributed by atoms with van der Waals surface area (Å²) in [5.74, 6) is -0.830. The molecule has 0 saturated heterocycles. The van der Waals surface area contributed by atoms with Gasteiger partial charge in [-0.1, -0.05) is 6.07 Å². The number of rotatable bonds is 5. The number of esters is 1. The van der Waals surface area contributed by atoms with E-state index in [1.54, 1.807) is 12.1 Å². The van der Waals surface area contributed by atoms with Gasteiger partial charge in [-0.15, -0.1) is 0 Å². The van der Waals surface area contributed by atoms with Gasteiger partial charge in [0.05, 0.1) is 19.3 Å². The molecule has 5 nitrogen and oxygen atoms in total. The van der Waals surface area contributed by atoms with E-state index in [0.717, 1.165) is 9.13 Å². The van der Waals surface area contributed by atoms with Crippen molar-refractivity contribution in [1.82, 2.24) is 0 Å². The number of benzene rings is 1. The maximum atomic E-state index is 11.7. The minimum Gasteiger partial charge on any atom is -0.469 e. The fourth-order valence-electron chi connectivity index (χ4n) is 1.21. The van der Waals surface area contributed by atoms with E-state index in [1.807, 2.05) is 13.0 Å². The Bertz CT molecular complexity index is 542. The van der Waals surface area contributed by atoms with Crippen LogP contribution in [0.3, 0.4) is 0 Å². The number of carbonyl (C=O) groups excluding carboxylic acids is 1. The van der Waals surface area contributed by atoms with E-state index < -0.39 is 16.0 Å². The third-order valence-electron chi connectivity index (χ3n) is 2.25. The van der Waals surface area contributed by atoms with Crippen molar-refractivity contribution in [3.63, 3.8) is 0 Å². The van der Waals surface area contributed by atoms with Gasteiger partial charge in [0.15, 0.2) is 0 Å². The van der Waals surface area contributed by atoms with Crippen LogP contribution in [0.25, 0.3) is 0 Å². The third-order valence-corrected chi connectivity index (χ3v) is 4.70. The van der Waals surface area contributed by atoms with E-state index in [4.69, 9.17) is 0 Å². The summed E-state index contributed by atoms with van der Waals surface area (Å²) < 4.78 is 31.2. The lowest BCUT2D eigenvalue weighted by Crippen LogP contribution is -2.19. The molecule has 0 radical (unpaired) electrons. The maximum absolute atomic E-state index is 11.7. The summed E-state index contributed by atoms with van der Waals surface area (Å²) in [4.78, 5) is 10.9. The predicted octanol–water partition coefficient (Wildman–Crippen LogP) is 1.90. The van der Waals surface area contributed by atoms with Gasteiger partial charge in [-0.25, -0.2) is 8.42 Å². The van der Waals surface area contributed by atoms with E-state index in [-0.39, 0.29) is 12.2 Å². The van der Waals surface area contributed by atoms with Crippen LogP contribution in [0.1, 0.15) is 12.0 Å². The molecule has 18 heavy (non-hydrogen) atoms. The number of hydrogen-bond acceptors (Lipinski definition) is 4. The van der Waals surface area contributed by atoms with Gasteiger partial charge in [0.1, 0.15) is 0 Å². The number of methoxy groups -OCH3 is 1. The Morgan fingerprint density at radius 1 is 1.44 bits per heavy atom. The number of hydrogen-bond donors (Lipinski definition) is 1. The first kappa shape index (κ1) is 15.2. The molecule has 1 aromatic carbocycles. The Kier molecular flexibility index (Phi) is 5.39. The molecule has 1 N–H and O–H groups in total. The molecule has 0 saturated carbocycles. The van der Waals surface area contributed by atoms with Gasteiger partial charge in [-0.3, -0.25) is 9.52 Å². The topological polar surface area (TPSA) is 72.5 Å². The average Bonchev–Trinajstić information content (AvgIpc) is 2.30. The normalized spacial score (nSPS) is 11.1. The zero-order valence-corrected chi connectivity index (χ0v) is 13.0. The summed E-state index contributed by atoms with van der Waals surface area (Å²) in [6.07, 6.45) is -0.158. The van der Waals surface area contributed by atoms with Crippen LogP contribution in [0.2, 0.25) is 0 Å². The van der Waals surface area contributed by atoms with Gasteiger partial charge in [0.25, 0.3) is 0 Å². The Hall–Kier alpha value is -0.830. The summed E-state index contributed by atoms with van der Waals surface area (Å²) in [5.41, 5.74) is 1.57. The van der Waals surface area contributed by atoms with Crippen molar-refractivity contribution in [2.24, 2.45) is 0 Å². The molecule has 0 fully saturated rings. The van der Waals surface area contributed by atoms with Gasteiger partial charge in [-0.2, -0.15) is 0 Å². The van der Waals surface area contributed by atoms with Crippen LogP contribution in [0.5, 0.6) is 0 Å². The van der Waals surface area contributed by atoms with E-state index in [2.05, 4.69) is 32.0 Å². The van der Waals surface area contributed by atoms with Crippen LogP contribution in [-0.4, -0.2) is 27.2 Å². The molecular formula is C11H14INO4S. The lowest BCUT2D eigenvalue weighted by atomic mass is 10.2. The molecule has 0 atom stereocenters. The molecule has 1 aromatic rings. The largest absolute Gasteiger partial charge is 0.469 e. The summed E-state index contributed by atoms with van der Waals surface area (Å²) in [5, 5.41) is 0. The third kappa shape index (κ3) is 4.81. The molecule has 0 aliphatic rings. The second kappa shape index (κ2) is 6.37. The quantitative estimate of drug-likeness (QED) is 0.623. The van der Waals surface area contributed by atoms with Gasteiger partial charge in [-0.05, 0) is 47.2 Å². The Morgan fingerprint density at radius 3 is 2.67 bits per heavy atom. The lowest BCUT2D eigenvalue weighted by Gasteiger charge is -2.08. The fourth-order valence-corrected chi connectivity index (χ4v) is 2.75. The average molecular weight is 383 g/mol. The molecular weight excluding hydrogens is 369 g/mol. The van der Waals surface area contributed by atoms with Gasteiger partial charge in [0, 0.05) is 9.26 Å². The van der Waals surface area contributed by atoms with Crippen LogP contribution < -0.4 is 4.72 Å². The first-order valence-corrected chi connectivity index (χ1v) is 7.90. The van der Waals surface area contributed by atoms with Crippen LogP contribution in [0.4, 0.5) is 5.69 Å². The highest BCUT2D eigenvalue weighted by atomic mass is 127. The highest BCUT2D eigenvalue weighted by molar-refractivity contribution is 14.1. The van der Waals surface area contributed by atoms with Gasteiger partial charge in [0.2, 0.25) is 10.0 Å². The zero-order valence-electron chi connectivity index (χ0n) is 10.1. The van der Waals surface area contributed by atoms with Crippen molar-refractivity contribution >= 4 is 44.3 Å². The first-order chi connectivity index (χ1) is 8.34. The summed E-state index contributed by atoms with van der Waals surface area (Å²) in [6, 6.07) is 5.26. The van der Waals surface area contributed by atoms with Crippen LogP contribution in [0.15, 0.2) is 18.2 Å². The fraction of sp³-hybridized carbons (Fsp3) is 0.364. The van der Waals surface area contributed by atoms with E-state index in [1.165, 1.54) is 7.11 Å². The monoisotopic (exact) mass is 383 g/mol. The van der Waals surface area contributed by atoms with Crippen molar-refractivity contribution in [3.05, 3.63) is 27.3 Å². The number of carbonyl (C=O) groups is 1. The van der Waals surface area contributed by atoms with Crippen molar-refractivity contribution in [1.29, 1.82) is 0 Å². The van der Waals surface area contributed by atoms with Crippen molar-refractivity contribution in [2.75, 3.05) is 17.6 Å². The zero-order chi connectivity index (χ0) is 13.8. The molecule has 0 spiro atoms. The summed E-state index contributed by atoms with van der Waals surface area (Å²) in [7, 11) is -2.30. The van der Waals surface area contributed by atoms with Crippen molar-refractivity contribution in [2.45, 2.75) is 13.3 Å². The molecule has 0 aromatic heterocycles. The van der Waals surface area contributed by atoms with Crippen LogP contribution in [0, 0.1) is 10.5 Å². The lowest BCUT2D eigenvalue weighted by molar-refractivity contribution is -0.140. The van der Waals surface area contributed by atoms with E-state index in [0.29, 0.717) is 5.69 Å². The van der Waals surface area contributed by atoms with Crippen molar-refractivity contribution < 1.29 is 17.9 Å². The van der Waals surface area contributed by atoms with Crippen molar-refractivity contribution in [3.8, 4) is 0 Å². The molecule has 0 unspecified atom stereocenters. The second-order valence-electron chi connectivity index (χ2n) is 3.71. The number of ether oxygens (including phenoxy) is 1. The number of nitrogens with one attached hydrogen (secondary N) is 1. The second-order valence-corrected chi connectivity index (χ2v) is 6.72. The molecule has 0 aliphatic carbocycles. The highest BCUT2D eigenvalue weighted by Crippen LogP contribution is 2.18. The van der Waals surface area contributed by atoms with E-state index in [9.17, 15) is 13.2 Å².